The zero-order valence-corrected chi connectivity index (χ0v) is 16.3. The molecule has 1 atom stereocenters. The van der Waals surface area contributed by atoms with Gasteiger partial charge < -0.3 is 21.1 Å². The van der Waals surface area contributed by atoms with Crippen molar-refractivity contribution >= 4 is 29.7 Å². The number of primary amides is 1. The number of amides is 3. The van der Waals surface area contributed by atoms with Gasteiger partial charge in [0.05, 0.1) is 0 Å². The van der Waals surface area contributed by atoms with E-state index in [1.807, 2.05) is 6.26 Å². The maximum Gasteiger partial charge on any atom is 0.408 e. The molecule has 0 bridgehead atoms. The number of alkyl carbamates (subject to hydrolysis) is 1. The van der Waals surface area contributed by atoms with Crippen LogP contribution in [0.5, 0.6) is 0 Å². The molecule has 0 heterocycles. The lowest BCUT2D eigenvalue weighted by Gasteiger charge is -2.31. The molecular formula is C16H31N3O4S. The number of thioether (sulfide) groups is 1. The molecular weight excluding hydrogens is 330 g/mol. The molecule has 0 aliphatic carbocycles. The summed E-state index contributed by atoms with van der Waals surface area (Å²) in [6, 6.07) is -0.788. The minimum atomic E-state index is -1.11. The van der Waals surface area contributed by atoms with Gasteiger partial charge in [-0.25, -0.2) is 4.79 Å². The molecule has 3 amide bonds. The second kappa shape index (κ2) is 9.76. The van der Waals surface area contributed by atoms with Crippen molar-refractivity contribution < 1.29 is 19.1 Å². The number of ether oxygens (including phenoxy) is 1. The van der Waals surface area contributed by atoms with E-state index in [0.717, 1.165) is 0 Å². The summed E-state index contributed by atoms with van der Waals surface area (Å²) < 4.78 is 5.20. The zero-order chi connectivity index (χ0) is 19.0. The Kier molecular flexibility index (Phi) is 9.17. The van der Waals surface area contributed by atoms with Crippen LogP contribution in [0.4, 0.5) is 4.79 Å². The van der Waals surface area contributed by atoms with Crippen LogP contribution in [-0.2, 0) is 14.3 Å². The Morgan fingerprint density at radius 2 is 1.71 bits per heavy atom. The Bertz CT molecular complexity index is 445. The molecule has 0 rings (SSSR count). The average molecular weight is 362 g/mol. The van der Waals surface area contributed by atoms with Gasteiger partial charge in [-0.05, 0) is 52.0 Å². The summed E-state index contributed by atoms with van der Waals surface area (Å²) in [5.41, 5.74) is 3.69. The monoisotopic (exact) mass is 361 g/mol. The summed E-state index contributed by atoms with van der Waals surface area (Å²) in [6.45, 7) is 8.81. The number of nitrogens with two attached hydrogens (primary N) is 1. The highest BCUT2D eigenvalue weighted by atomic mass is 32.2. The van der Waals surface area contributed by atoms with E-state index in [0.29, 0.717) is 25.0 Å². The lowest BCUT2D eigenvalue weighted by molar-refractivity contribution is -0.133. The lowest BCUT2D eigenvalue weighted by atomic mass is 9.91. The molecule has 0 aromatic carbocycles. The fourth-order valence-corrected chi connectivity index (χ4v) is 2.59. The quantitative estimate of drug-likeness (QED) is 0.580. The maximum absolute atomic E-state index is 12.6. The minimum absolute atomic E-state index is 0.381. The molecule has 4 N–H and O–H groups in total. The number of carbonyl (C=O) groups excluding carboxylic acids is 3. The molecule has 0 aromatic heterocycles. The van der Waals surface area contributed by atoms with Crippen molar-refractivity contribution in [1.82, 2.24) is 10.6 Å². The number of hydrogen-bond donors (Lipinski definition) is 3. The fourth-order valence-electron chi connectivity index (χ4n) is 2.11. The van der Waals surface area contributed by atoms with Crippen LogP contribution in [0.3, 0.4) is 0 Å². The van der Waals surface area contributed by atoms with Gasteiger partial charge in [-0.2, -0.15) is 11.8 Å². The second-order valence-electron chi connectivity index (χ2n) is 6.62. The number of hydrogen-bond acceptors (Lipinski definition) is 5. The predicted molar refractivity (Wildman–Crippen MR) is 96.8 cm³/mol. The van der Waals surface area contributed by atoms with E-state index in [4.69, 9.17) is 10.5 Å². The molecule has 0 aliphatic heterocycles. The molecule has 0 radical (unpaired) electrons. The molecule has 0 fully saturated rings. The Morgan fingerprint density at radius 1 is 1.17 bits per heavy atom. The smallest absolute Gasteiger partial charge is 0.408 e. The van der Waals surface area contributed by atoms with Gasteiger partial charge in [-0.3, -0.25) is 9.59 Å². The SMILES string of the molecule is CCC(CC)(NC(=O)[C@H](CCSC)NC(=O)OC(C)(C)C)C(N)=O. The van der Waals surface area contributed by atoms with Gasteiger partial charge in [0.1, 0.15) is 17.2 Å². The van der Waals surface area contributed by atoms with Crippen LogP contribution in [0.2, 0.25) is 0 Å². The van der Waals surface area contributed by atoms with Crippen LogP contribution in [0.25, 0.3) is 0 Å². The first kappa shape index (κ1) is 22.6. The van der Waals surface area contributed by atoms with Crippen molar-refractivity contribution in [3.8, 4) is 0 Å². The predicted octanol–water partition coefficient (Wildman–Crippen LogP) is 1.79. The topological polar surface area (TPSA) is 111 Å². The summed E-state index contributed by atoms with van der Waals surface area (Å²) in [5.74, 6) is -0.338. The van der Waals surface area contributed by atoms with Gasteiger partial charge in [0, 0.05) is 0 Å². The molecule has 24 heavy (non-hydrogen) atoms. The van der Waals surface area contributed by atoms with Gasteiger partial charge in [0.25, 0.3) is 0 Å². The van der Waals surface area contributed by atoms with Gasteiger partial charge in [0.15, 0.2) is 0 Å². The molecule has 0 spiro atoms. The van der Waals surface area contributed by atoms with Crippen molar-refractivity contribution in [2.24, 2.45) is 5.73 Å². The average Bonchev–Trinajstić information content (AvgIpc) is 2.46. The number of nitrogens with one attached hydrogen (secondary N) is 2. The van der Waals surface area contributed by atoms with E-state index in [2.05, 4.69) is 10.6 Å². The van der Waals surface area contributed by atoms with Crippen LogP contribution >= 0.6 is 11.8 Å². The summed E-state index contributed by atoms with van der Waals surface area (Å²) in [5, 5.41) is 5.29. The van der Waals surface area contributed by atoms with Crippen LogP contribution in [-0.4, -0.2) is 47.1 Å². The van der Waals surface area contributed by atoms with Crippen molar-refractivity contribution in [2.45, 2.75) is 71.1 Å². The third-order valence-corrected chi connectivity index (χ3v) is 4.30. The van der Waals surface area contributed by atoms with Crippen molar-refractivity contribution in [3.05, 3.63) is 0 Å². The van der Waals surface area contributed by atoms with Crippen LogP contribution in [0, 0.1) is 0 Å². The molecule has 0 unspecified atom stereocenters. The van der Waals surface area contributed by atoms with Gasteiger partial charge in [0.2, 0.25) is 11.8 Å². The number of carbonyl (C=O) groups is 3. The van der Waals surface area contributed by atoms with Crippen molar-refractivity contribution in [2.75, 3.05) is 12.0 Å². The molecule has 0 aromatic rings. The molecule has 8 heteroatoms. The standard InChI is InChI=1S/C16H31N3O4S/c1-7-16(8-2,13(17)21)19-12(20)11(9-10-24-6)18-14(22)23-15(3,4)5/h11H,7-10H2,1-6H3,(H2,17,21)(H,18,22)(H,19,20)/t11-/m0/s1. The third-order valence-electron chi connectivity index (χ3n) is 3.66. The highest BCUT2D eigenvalue weighted by Crippen LogP contribution is 2.16. The fraction of sp³-hybridized carbons (Fsp3) is 0.812. The van der Waals surface area contributed by atoms with E-state index in [1.54, 1.807) is 46.4 Å². The summed E-state index contributed by atoms with van der Waals surface area (Å²) in [7, 11) is 0. The Labute approximate surface area is 148 Å². The lowest BCUT2D eigenvalue weighted by Crippen LogP contribution is -2.61. The van der Waals surface area contributed by atoms with E-state index in [-0.39, 0.29) is 0 Å². The first-order chi connectivity index (χ1) is 11.0. The summed E-state index contributed by atoms with van der Waals surface area (Å²) in [4.78, 5) is 36.3. The largest absolute Gasteiger partial charge is 0.444 e. The second-order valence-corrected chi connectivity index (χ2v) is 7.61. The van der Waals surface area contributed by atoms with Gasteiger partial charge >= 0.3 is 6.09 Å². The number of rotatable bonds is 9. The Balaban J connectivity index is 5.12. The minimum Gasteiger partial charge on any atom is -0.444 e. The van der Waals surface area contributed by atoms with E-state index < -0.39 is 35.1 Å². The zero-order valence-electron chi connectivity index (χ0n) is 15.5. The van der Waals surface area contributed by atoms with E-state index >= 15 is 0 Å². The first-order valence-electron chi connectivity index (χ1n) is 8.11. The summed E-state index contributed by atoms with van der Waals surface area (Å²) in [6.07, 6.45) is 2.43. The Hall–Kier alpha value is -1.44. The molecule has 0 saturated heterocycles. The molecule has 0 saturated carbocycles. The van der Waals surface area contributed by atoms with E-state index in [1.165, 1.54) is 0 Å². The third kappa shape index (κ3) is 7.42. The molecule has 7 nitrogen and oxygen atoms in total. The van der Waals surface area contributed by atoms with Crippen LogP contribution < -0.4 is 16.4 Å². The van der Waals surface area contributed by atoms with Crippen LogP contribution in [0.1, 0.15) is 53.9 Å². The normalized spacial score (nSPS) is 13.1. The molecule has 0 aliphatic rings. The maximum atomic E-state index is 12.6. The molecule has 140 valence electrons. The first-order valence-corrected chi connectivity index (χ1v) is 9.51. The van der Waals surface area contributed by atoms with E-state index in [9.17, 15) is 14.4 Å². The van der Waals surface area contributed by atoms with Crippen LogP contribution in [0.15, 0.2) is 0 Å². The highest BCUT2D eigenvalue weighted by molar-refractivity contribution is 7.98. The van der Waals surface area contributed by atoms with Crippen molar-refractivity contribution in [3.63, 3.8) is 0 Å². The van der Waals surface area contributed by atoms with Crippen molar-refractivity contribution in [1.29, 1.82) is 0 Å². The van der Waals surface area contributed by atoms with Gasteiger partial charge in [-0.15, -0.1) is 0 Å². The summed E-state index contributed by atoms with van der Waals surface area (Å²) >= 11 is 1.56. The highest BCUT2D eigenvalue weighted by Gasteiger charge is 2.36. The van der Waals surface area contributed by atoms with Gasteiger partial charge in [-0.1, -0.05) is 13.8 Å². The Morgan fingerprint density at radius 3 is 2.08 bits per heavy atom.